The van der Waals surface area contributed by atoms with E-state index in [0.29, 0.717) is 45.4 Å². The van der Waals surface area contributed by atoms with Gasteiger partial charge in [0.05, 0.1) is 30.8 Å². The predicted molar refractivity (Wildman–Crippen MR) is 162 cm³/mol. The second-order valence-corrected chi connectivity index (χ2v) is 13.2. The maximum Gasteiger partial charge on any atom is 0.240 e. The molecule has 4 aromatic rings. The number of morpholine rings is 1. The molecule has 220 valence electrons. The van der Waals surface area contributed by atoms with E-state index in [9.17, 15) is 18.3 Å². The average Bonchev–Trinajstić information content (AvgIpc) is 3.44. The third-order valence-corrected chi connectivity index (χ3v) is 10.2. The van der Waals surface area contributed by atoms with E-state index in [1.54, 1.807) is 12.1 Å². The van der Waals surface area contributed by atoms with Crippen molar-refractivity contribution in [3.05, 3.63) is 89.5 Å². The van der Waals surface area contributed by atoms with E-state index in [4.69, 9.17) is 4.74 Å². The number of aromatic nitrogens is 1. The van der Waals surface area contributed by atoms with Gasteiger partial charge in [0.2, 0.25) is 15.9 Å². The van der Waals surface area contributed by atoms with Gasteiger partial charge in [0.1, 0.15) is 0 Å². The Morgan fingerprint density at radius 2 is 1.81 bits per heavy atom. The minimum atomic E-state index is -3.74. The number of ether oxygens (including phenoxy) is 1. The van der Waals surface area contributed by atoms with Crippen LogP contribution in [0.4, 0.5) is 0 Å². The van der Waals surface area contributed by atoms with E-state index < -0.39 is 10.0 Å². The van der Waals surface area contributed by atoms with E-state index in [1.807, 2.05) is 72.5 Å². The first-order chi connectivity index (χ1) is 20.3. The van der Waals surface area contributed by atoms with Crippen LogP contribution in [-0.4, -0.2) is 55.1 Å². The number of nitrogens with zero attached hydrogens (tertiary/aromatic N) is 1. The van der Waals surface area contributed by atoms with Crippen molar-refractivity contribution < 1.29 is 23.1 Å². The fraction of sp³-hybridized carbons (Fsp3) is 0.364. The number of rotatable bonds is 7. The lowest BCUT2D eigenvalue weighted by atomic mass is 9.85. The third kappa shape index (κ3) is 5.87. The van der Waals surface area contributed by atoms with Crippen LogP contribution in [-0.2, 0) is 26.2 Å². The molecule has 1 aliphatic carbocycles. The predicted octanol–water partition coefficient (Wildman–Crippen LogP) is 5.07. The standard InChI is InChI=1S/C33H37N3O5S/c1-22-17-23(20-37)7-14-29(22)31-18-26-10-13-28(19-30(26)34-31)42(39,40)35-27-11-8-25(9-12-27)33(38)36-15-16-41-21-32(36)24-5-3-2-4-6-24/h2-7,10,13-14,17-19,25,27,32,34-35,37H,8-9,11-12,15-16,20-21H2,1H3. The second kappa shape index (κ2) is 12.0. The van der Waals surface area contributed by atoms with E-state index in [1.165, 1.54) is 0 Å². The van der Waals surface area contributed by atoms with Crippen molar-refractivity contribution in [2.75, 3.05) is 19.8 Å². The number of aryl methyl sites for hydroxylation is 1. The molecule has 2 fully saturated rings. The second-order valence-electron chi connectivity index (χ2n) is 11.4. The number of H-pyrrole nitrogens is 1. The zero-order valence-corrected chi connectivity index (χ0v) is 24.6. The smallest absolute Gasteiger partial charge is 0.240 e. The van der Waals surface area contributed by atoms with Gasteiger partial charge in [-0.05, 0) is 67.5 Å². The van der Waals surface area contributed by atoms with Crippen molar-refractivity contribution in [3.63, 3.8) is 0 Å². The van der Waals surface area contributed by atoms with Gasteiger partial charge in [-0.1, -0.05) is 54.6 Å². The first-order valence-corrected chi connectivity index (χ1v) is 16.1. The number of sulfonamides is 1. The summed E-state index contributed by atoms with van der Waals surface area (Å²) < 4.78 is 35.3. The number of nitrogens with one attached hydrogen (secondary N) is 2. The van der Waals surface area contributed by atoms with Crippen LogP contribution in [0.15, 0.2) is 77.7 Å². The molecule has 1 atom stereocenters. The van der Waals surface area contributed by atoms with Crippen LogP contribution in [0.5, 0.6) is 0 Å². The van der Waals surface area contributed by atoms with Crippen molar-refractivity contribution in [3.8, 4) is 11.3 Å². The van der Waals surface area contributed by atoms with Crippen molar-refractivity contribution in [2.24, 2.45) is 5.92 Å². The normalized spacial score (nSPS) is 21.5. The highest BCUT2D eigenvalue weighted by Gasteiger charge is 2.35. The largest absolute Gasteiger partial charge is 0.392 e. The van der Waals surface area contributed by atoms with Gasteiger partial charge in [-0.15, -0.1) is 0 Å². The van der Waals surface area contributed by atoms with Crippen molar-refractivity contribution >= 4 is 26.8 Å². The number of fused-ring (bicyclic) bond motifs is 1. The van der Waals surface area contributed by atoms with Crippen LogP contribution in [0.1, 0.15) is 48.4 Å². The van der Waals surface area contributed by atoms with Gasteiger partial charge in [0.15, 0.2) is 0 Å². The molecular weight excluding hydrogens is 550 g/mol. The molecule has 8 nitrogen and oxygen atoms in total. The molecule has 1 aromatic heterocycles. The zero-order chi connectivity index (χ0) is 29.3. The Bertz CT molecular complexity index is 1680. The molecule has 6 rings (SSSR count). The Balaban J connectivity index is 1.11. The van der Waals surface area contributed by atoms with Gasteiger partial charge in [0, 0.05) is 40.7 Å². The van der Waals surface area contributed by atoms with Gasteiger partial charge in [-0.2, -0.15) is 0 Å². The highest BCUT2D eigenvalue weighted by molar-refractivity contribution is 7.89. The van der Waals surface area contributed by atoms with E-state index >= 15 is 0 Å². The quantitative estimate of drug-likeness (QED) is 0.280. The molecule has 1 amide bonds. The monoisotopic (exact) mass is 587 g/mol. The number of benzene rings is 3. The fourth-order valence-corrected chi connectivity index (χ4v) is 7.67. The Hall–Kier alpha value is -3.50. The van der Waals surface area contributed by atoms with Crippen molar-refractivity contribution in [1.29, 1.82) is 0 Å². The molecule has 1 aliphatic heterocycles. The highest BCUT2D eigenvalue weighted by Crippen LogP contribution is 2.33. The van der Waals surface area contributed by atoms with E-state index in [2.05, 4.69) is 9.71 Å². The van der Waals surface area contributed by atoms with Crippen molar-refractivity contribution in [1.82, 2.24) is 14.6 Å². The van der Waals surface area contributed by atoms with E-state index in [0.717, 1.165) is 38.9 Å². The summed E-state index contributed by atoms with van der Waals surface area (Å²) in [6.45, 7) is 3.58. The maximum atomic E-state index is 13.5. The molecule has 1 unspecified atom stereocenters. The summed E-state index contributed by atoms with van der Waals surface area (Å²) in [5, 5.41) is 10.3. The molecular formula is C33H37N3O5S. The molecule has 2 aliphatic rings. The minimum absolute atomic E-state index is 0.0113. The molecule has 0 bridgehead atoms. The molecule has 1 saturated heterocycles. The number of aliphatic hydroxyl groups is 1. The summed E-state index contributed by atoms with van der Waals surface area (Å²) in [6, 6.07) is 22.7. The molecule has 42 heavy (non-hydrogen) atoms. The molecule has 2 heterocycles. The van der Waals surface area contributed by atoms with Gasteiger partial charge >= 0.3 is 0 Å². The number of carbonyl (C=O) groups is 1. The number of hydrogen-bond donors (Lipinski definition) is 3. The van der Waals surface area contributed by atoms with Gasteiger partial charge in [-0.3, -0.25) is 4.79 Å². The lowest BCUT2D eigenvalue weighted by molar-refractivity contribution is -0.145. The lowest BCUT2D eigenvalue weighted by Gasteiger charge is -2.39. The number of hydrogen-bond acceptors (Lipinski definition) is 5. The first kappa shape index (κ1) is 28.6. The Labute approximate surface area is 246 Å². The molecule has 0 radical (unpaired) electrons. The lowest BCUT2D eigenvalue weighted by Crippen LogP contribution is -2.47. The van der Waals surface area contributed by atoms with Gasteiger partial charge in [0.25, 0.3) is 0 Å². The Morgan fingerprint density at radius 3 is 2.55 bits per heavy atom. The Kier molecular flexibility index (Phi) is 8.18. The number of amides is 1. The summed E-state index contributed by atoms with van der Waals surface area (Å²) >= 11 is 0. The Morgan fingerprint density at radius 1 is 1.02 bits per heavy atom. The fourth-order valence-electron chi connectivity index (χ4n) is 6.34. The summed E-state index contributed by atoms with van der Waals surface area (Å²) in [4.78, 5) is 19.1. The molecule has 1 saturated carbocycles. The average molecular weight is 588 g/mol. The third-order valence-electron chi connectivity index (χ3n) is 8.66. The van der Waals surface area contributed by atoms with Crippen LogP contribution in [0.25, 0.3) is 22.2 Å². The first-order valence-electron chi connectivity index (χ1n) is 14.6. The van der Waals surface area contributed by atoms with Crippen LogP contribution < -0.4 is 4.72 Å². The topological polar surface area (TPSA) is 112 Å². The van der Waals surface area contributed by atoms with Crippen LogP contribution in [0.2, 0.25) is 0 Å². The molecule has 9 heteroatoms. The van der Waals surface area contributed by atoms with Crippen molar-refractivity contribution in [2.45, 2.75) is 56.2 Å². The molecule has 3 N–H and O–H groups in total. The van der Waals surface area contributed by atoms with E-state index in [-0.39, 0.29) is 35.4 Å². The molecule has 0 spiro atoms. The zero-order valence-electron chi connectivity index (χ0n) is 23.8. The summed E-state index contributed by atoms with van der Waals surface area (Å²) in [5.74, 6) is 0.0290. The summed E-state index contributed by atoms with van der Waals surface area (Å²) in [5.41, 5.74) is 5.60. The van der Waals surface area contributed by atoms with Crippen LogP contribution in [0.3, 0.4) is 0 Å². The molecule has 3 aromatic carbocycles. The number of carbonyl (C=O) groups excluding carboxylic acids is 1. The number of aromatic amines is 1. The summed E-state index contributed by atoms with van der Waals surface area (Å²) in [7, 11) is -3.74. The van der Waals surface area contributed by atoms with Gasteiger partial charge < -0.3 is 19.7 Å². The van der Waals surface area contributed by atoms with Crippen LogP contribution >= 0.6 is 0 Å². The SMILES string of the molecule is Cc1cc(CO)ccc1-c1cc2ccc(S(=O)(=O)NC3CCC(C(=O)N4CCOCC4c4ccccc4)CC3)cc2[nH]1. The van der Waals surface area contributed by atoms with Gasteiger partial charge in [-0.25, -0.2) is 13.1 Å². The maximum absolute atomic E-state index is 13.5. The van der Waals surface area contributed by atoms with Crippen LogP contribution in [0, 0.1) is 12.8 Å². The summed E-state index contributed by atoms with van der Waals surface area (Å²) in [6.07, 6.45) is 2.54. The minimum Gasteiger partial charge on any atom is -0.392 e. The number of aliphatic hydroxyl groups excluding tert-OH is 1. The highest BCUT2D eigenvalue weighted by atomic mass is 32.2.